The van der Waals surface area contributed by atoms with Crippen molar-refractivity contribution in [1.29, 1.82) is 0 Å². The van der Waals surface area contributed by atoms with Gasteiger partial charge in [-0.1, -0.05) is 6.92 Å². The van der Waals surface area contributed by atoms with E-state index in [4.69, 9.17) is 10.5 Å². The summed E-state index contributed by atoms with van der Waals surface area (Å²) in [6.07, 6.45) is 1.47. The van der Waals surface area contributed by atoms with E-state index in [2.05, 4.69) is 12.2 Å². The summed E-state index contributed by atoms with van der Waals surface area (Å²) >= 11 is 1.83. The quantitative estimate of drug-likeness (QED) is 0.726. The fourth-order valence-electron chi connectivity index (χ4n) is 1.74. The molecular formula is C11H22N2O2S. The normalized spacial score (nSPS) is 26.7. The molecular weight excluding hydrogens is 224 g/mol. The smallest absolute Gasteiger partial charge is 0.249 e. The first-order valence-electron chi connectivity index (χ1n) is 5.91. The maximum absolute atomic E-state index is 11.8. The highest BCUT2D eigenvalue weighted by atomic mass is 32.2. The molecule has 0 aromatic heterocycles. The highest BCUT2D eigenvalue weighted by Gasteiger charge is 2.30. The second kappa shape index (κ2) is 7.14. The van der Waals surface area contributed by atoms with E-state index in [1.807, 2.05) is 18.7 Å². The summed E-state index contributed by atoms with van der Waals surface area (Å²) in [5, 5.41) is 2.98. The zero-order chi connectivity index (χ0) is 12.0. The van der Waals surface area contributed by atoms with Crippen molar-refractivity contribution in [2.45, 2.75) is 44.9 Å². The van der Waals surface area contributed by atoms with Gasteiger partial charge in [-0.05, 0) is 25.5 Å². The molecule has 0 aliphatic carbocycles. The Balaban J connectivity index is 2.24. The topological polar surface area (TPSA) is 64.4 Å². The van der Waals surface area contributed by atoms with Gasteiger partial charge in [0.05, 0.1) is 6.10 Å². The molecule has 1 aliphatic heterocycles. The lowest BCUT2D eigenvalue weighted by Gasteiger charge is -2.17. The van der Waals surface area contributed by atoms with E-state index in [0.29, 0.717) is 6.54 Å². The number of nitrogens with one attached hydrogen (secondary N) is 1. The fourth-order valence-corrected chi connectivity index (χ4v) is 2.42. The zero-order valence-corrected chi connectivity index (χ0v) is 10.9. The van der Waals surface area contributed by atoms with Crippen molar-refractivity contribution in [2.75, 3.05) is 18.1 Å². The highest BCUT2D eigenvalue weighted by molar-refractivity contribution is 7.99. The first-order chi connectivity index (χ1) is 7.67. The van der Waals surface area contributed by atoms with E-state index in [0.717, 1.165) is 24.3 Å². The number of rotatable bonds is 6. The number of carbonyl (C=O) groups is 1. The minimum absolute atomic E-state index is 0.0140. The number of thioether (sulfide) groups is 1. The van der Waals surface area contributed by atoms with Crippen molar-refractivity contribution in [3.8, 4) is 0 Å². The van der Waals surface area contributed by atoms with E-state index >= 15 is 0 Å². The predicted molar refractivity (Wildman–Crippen MR) is 67.6 cm³/mol. The average molecular weight is 246 g/mol. The van der Waals surface area contributed by atoms with Crippen LogP contribution >= 0.6 is 11.8 Å². The molecule has 1 heterocycles. The van der Waals surface area contributed by atoms with Crippen LogP contribution in [-0.4, -0.2) is 42.2 Å². The van der Waals surface area contributed by atoms with Crippen LogP contribution in [0.4, 0.5) is 0 Å². The average Bonchev–Trinajstić information content (AvgIpc) is 2.74. The monoisotopic (exact) mass is 246 g/mol. The maximum Gasteiger partial charge on any atom is 0.249 e. The number of ether oxygens (including phenoxy) is 1. The molecule has 0 saturated carbocycles. The van der Waals surface area contributed by atoms with Gasteiger partial charge < -0.3 is 15.8 Å². The standard InChI is InChI=1S/C11H22N2O2S/c1-3-16-7-8(2)13-11(14)10-5-4-9(6-12)15-10/h8-10H,3-7,12H2,1-2H3,(H,13,14). The van der Waals surface area contributed by atoms with Crippen LogP contribution in [0.1, 0.15) is 26.7 Å². The van der Waals surface area contributed by atoms with Gasteiger partial charge >= 0.3 is 0 Å². The molecule has 0 bridgehead atoms. The van der Waals surface area contributed by atoms with Crippen LogP contribution in [0.25, 0.3) is 0 Å². The maximum atomic E-state index is 11.8. The third kappa shape index (κ3) is 4.31. The van der Waals surface area contributed by atoms with Gasteiger partial charge in [-0.15, -0.1) is 0 Å². The van der Waals surface area contributed by atoms with Crippen LogP contribution in [0.2, 0.25) is 0 Å². The molecule has 3 atom stereocenters. The zero-order valence-electron chi connectivity index (χ0n) is 10.1. The Morgan fingerprint density at radius 1 is 1.62 bits per heavy atom. The lowest BCUT2D eigenvalue weighted by Crippen LogP contribution is -2.41. The van der Waals surface area contributed by atoms with Crippen LogP contribution < -0.4 is 11.1 Å². The molecule has 5 heteroatoms. The molecule has 1 aliphatic rings. The molecule has 0 aromatic rings. The van der Waals surface area contributed by atoms with Gasteiger partial charge in [-0.25, -0.2) is 0 Å². The van der Waals surface area contributed by atoms with Gasteiger partial charge in [-0.3, -0.25) is 4.79 Å². The van der Waals surface area contributed by atoms with Crippen LogP contribution in [0.15, 0.2) is 0 Å². The summed E-state index contributed by atoms with van der Waals surface area (Å²) in [4.78, 5) is 11.8. The first-order valence-corrected chi connectivity index (χ1v) is 7.06. The molecule has 1 saturated heterocycles. The van der Waals surface area contributed by atoms with Gasteiger partial charge in [0.15, 0.2) is 0 Å². The summed E-state index contributed by atoms with van der Waals surface area (Å²) < 4.78 is 5.53. The van der Waals surface area contributed by atoms with Crippen LogP contribution in [0.3, 0.4) is 0 Å². The van der Waals surface area contributed by atoms with Crippen LogP contribution in [0, 0.1) is 0 Å². The number of nitrogens with two attached hydrogens (primary N) is 1. The van der Waals surface area contributed by atoms with Crippen molar-refractivity contribution >= 4 is 17.7 Å². The molecule has 1 rings (SSSR count). The Kier molecular flexibility index (Phi) is 6.16. The van der Waals surface area contributed by atoms with Crippen molar-refractivity contribution in [2.24, 2.45) is 5.73 Å². The van der Waals surface area contributed by atoms with Gasteiger partial charge in [0, 0.05) is 18.3 Å². The van der Waals surface area contributed by atoms with Gasteiger partial charge in [0.2, 0.25) is 5.91 Å². The van der Waals surface area contributed by atoms with Crippen molar-refractivity contribution in [3.63, 3.8) is 0 Å². The minimum Gasteiger partial charge on any atom is -0.364 e. The van der Waals surface area contributed by atoms with E-state index in [9.17, 15) is 4.79 Å². The van der Waals surface area contributed by atoms with E-state index in [-0.39, 0.29) is 24.2 Å². The van der Waals surface area contributed by atoms with Crippen LogP contribution in [-0.2, 0) is 9.53 Å². The number of hydrogen-bond donors (Lipinski definition) is 2. The second-order valence-corrected chi connectivity index (χ2v) is 5.45. The van der Waals surface area contributed by atoms with Gasteiger partial charge in [0.1, 0.15) is 6.10 Å². The Morgan fingerprint density at radius 2 is 2.38 bits per heavy atom. The molecule has 16 heavy (non-hydrogen) atoms. The van der Waals surface area contributed by atoms with Crippen LogP contribution in [0.5, 0.6) is 0 Å². The molecule has 1 fully saturated rings. The van der Waals surface area contributed by atoms with E-state index in [1.165, 1.54) is 0 Å². The number of carbonyl (C=O) groups excluding carboxylic acids is 1. The lowest BCUT2D eigenvalue weighted by molar-refractivity contribution is -0.132. The van der Waals surface area contributed by atoms with E-state index < -0.39 is 0 Å². The molecule has 3 N–H and O–H groups in total. The third-order valence-corrected chi connectivity index (χ3v) is 3.77. The second-order valence-electron chi connectivity index (χ2n) is 4.13. The minimum atomic E-state index is -0.289. The molecule has 0 spiro atoms. The Bertz CT molecular complexity index is 226. The van der Waals surface area contributed by atoms with E-state index in [1.54, 1.807) is 0 Å². The predicted octanol–water partition coefficient (Wildman–Crippen LogP) is 0.750. The summed E-state index contributed by atoms with van der Waals surface area (Å²) in [7, 11) is 0. The van der Waals surface area contributed by atoms with Crippen molar-refractivity contribution in [3.05, 3.63) is 0 Å². The molecule has 94 valence electrons. The molecule has 4 nitrogen and oxygen atoms in total. The molecule has 0 aromatic carbocycles. The Morgan fingerprint density at radius 3 is 2.94 bits per heavy atom. The first kappa shape index (κ1) is 13.8. The van der Waals surface area contributed by atoms with Crippen molar-refractivity contribution < 1.29 is 9.53 Å². The highest BCUT2D eigenvalue weighted by Crippen LogP contribution is 2.19. The van der Waals surface area contributed by atoms with Crippen molar-refractivity contribution in [1.82, 2.24) is 5.32 Å². The third-order valence-electron chi connectivity index (χ3n) is 2.62. The Hall–Kier alpha value is -0.260. The summed E-state index contributed by atoms with van der Waals surface area (Å²) in [6.45, 7) is 4.64. The summed E-state index contributed by atoms with van der Waals surface area (Å²) in [6, 6.07) is 0.206. The summed E-state index contributed by atoms with van der Waals surface area (Å²) in [5.74, 6) is 2.05. The fraction of sp³-hybridized carbons (Fsp3) is 0.909. The molecule has 0 radical (unpaired) electrons. The summed E-state index contributed by atoms with van der Waals surface area (Å²) in [5.41, 5.74) is 5.50. The molecule has 1 amide bonds. The van der Waals surface area contributed by atoms with Gasteiger partial charge in [-0.2, -0.15) is 11.8 Å². The number of amides is 1. The lowest BCUT2D eigenvalue weighted by atomic mass is 10.2. The number of hydrogen-bond acceptors (Lipinski definition) is 4. The SMILES string of the molecule is CCSCC(C)NC(=O)C1CCC(CN)O1. The molecule has 3 unspecified atom stereocenters. The Labute approximate surface area is 102 Å². The largest absolute Gasteiger partial charge is 0.364 e. The van der Waals surface area contributed by atoms with Gasteiger partial charge in [0.25, 0.3) is 0 Å².